The van der Waals surface area contributed by atoms with Crippen LogP contribution in [-0.2, 0) is 0 Å². The highest BCUT2D eigenvalue weighted by atomic mass is 16.2. The lowest BCUT2D eigenvalue weighted by Crippen LogP contribution is -2.32. The van der Waals surface area contributed by atoms with Gasteiger partial charge in [0.15, 0.2) is 0 Å². The molecule has 0 unspecified atom stereocenters. The third-order valence-electron chi connectivity index (χ3n) is 4.51. The Bertz CT molecular complexity index is 525. The first-order chi connectivity index (χ1) is 10.1. The molecule has 2 aliphatic heterocycles. The number of piperidine rings is 1. The highest BCUT2D eigenvalue weighted by molar-refractivity contribution is 5.92. The molecule has 0 bridgehead atoms. The van der Waals surface area contributed by atoms with Crippen LogP contribution in [0.5, 0.6) is 0 Å². The maximum atomic E-state index is 12.5. The van der Waals surface area contributed by atoms with Crippen LogP contribution in [-0.4, -0.2) is 58.9 Å². The molecule has 2 saturated heterocycles. The smallest absolute Gasteiger partial charge is 0.272 e. The zero-order chi connectivity index (χ0) is 14.8. The molecule has 1 aromatic heterocycles. The first-order valence-electron chi connectivity index (χ1n) is 7.97. The van der Waals surface area contributed by atoms with E-state index in [2.05, 4.69) is 21.9 Å². The Morgan fingerprint density at radius 2 is 1.95 bits per heavy atom. The first-order valence-corrected chi connectivity index (χ1v) is 7.97. The maximum absolute atomic E-state index is 12.5. The number of carbonyl (C=O) groups excluding carboxylic acids is 1. The van der Waals surface area contributed by atoms with Crippen molar-refractivity contribution in [3.8, 4) is 0 Å². The molecule has 2 aliphatic rings. The van der Waals surface area contributed by atoms with Gasteiger partial charge in [-0.15, -0.1) is 0 Å². The fraction of sp³-hybridized carbons (Fsp3) is 0.688. The summed E-state index contributed by atoms with van der Waals surface area (Å²) in [6.45, 7) is 5.79. The van der Waals surface area contributed by atoms with Gasteiger partial charge in [-0.3, -0.25) is 4.79 Å². The summed E-state index contributed by atoms with van der Waals surface area (Å²) in [6, 6.07) is 1.93. The van der Waals surface area contributed by atoms with E-state index >= 15 is 0 Å². The molecule has 0 radical (unpaired) electrons. The van der Waals surface area contributed by atoms with E-state index in [9.17, 15) is 4.79 Å². The normalized spacial score (nSPS) is 23.5. The van der Waals surface area contributed by atoms with Crippen molar-refractivity contribution in [2.24, 2.45) is 0 Å². The third kappa shape index (κ3) is 3.23. The van der Waals surface area contributed by atoms with E-state index in [4.69, 9.17) is 0 Å². The van der Waals surface area contributed by atoms with Gasteiger partial charge in [-0.1, -0.05) is 0 Å². The molecule has 21 heavy (non-hydrogen) atoms. The SMILES string of the molecule is Cc1nc(C(=O)N2CCCC2)cc([C@@H]2CCCN(C)C2)n1. The molecule has 114 valence electrons. The average Bonchev–Trinajstić information content (AvgIpc) is 3.00. The van der Waals surface area contributed by atoms with Crippen molar-refractivity contribution in [2.75, 3.05) is 33.2 Å². The Hall–Kier alpha value is -1.49. The lowest BCUT2D eigenvalue weighted by molar-refractivity contribution is 0.0786. The topological polar surface area (TPSA) is 49.3 Å². The number of amides is 1. The molecule has 3 rings (SSSR count). The number of aromatic nitrogens is 2. The van der Waals surface area contributed by atoms with Crippen molar-refractivity contribution in [1.29, 1.82) is 0 Å². The van der Waals surface area contributed by atoms with Gasteiger partial charge in [0.25, 0.3) is 5.91 Å². The van der Waals surface area contributed by atoms with E-state index in [1.165, 1.54) is 6.42 Å². The number of rotatable bonds is 2. The quantitative estimate of drug-likeness (QED) is 0.833. The molecule has 1 amide bonds. The largest absolute Gasteiger partial charge is 0.337 e. The van der Waals surface area contributed by atoms with E-state index in [1.807, 2.05) is 17.9 Å². The van der Waals surface area contributed by atoms with Crippen molar-refractivity contribution in [2.45, 2.75) is 38.5 Å². The molecule has 3 heterocycles. The molecule has 5 heteroatoms. The molecule has 0 aromatic carbocycles. The summed E-state index contributed by atoms with van der Waals surface area (Å²) in [5, 5.41) is 0. The minimum absolute atomic E-state index is 0.0726. The molecular weight excluding hydrogens is 264 g/mol. The Kier molecular flexibility index (Phi) is 4.19. The predicted octanol–water partition coefficient (Wildman–Crippen LogP) is 1.83. The monoisotopic (exact) mass is 288 g/mol. The highest BCUT2D eigenvalue weighted by Gasteiger charge is 2.25. The lowest BCUT2D eigenvalue weighted by Gasteiger charge is -2.29. The molecule has 2 fully saturated rings. The molecule has 0 saturated carbocycles. The number of nitrogens with zero attached hydrogens (tertiary/aromatic N) is 4. The second-order valence-electron chi connectivity index (χ2n) is 6.33. The Labute approximate surface area is 126 Å². The Morgan fingerprint density at radius 3 is 2.67 bits per heavy atom. The Morgan fingerprint density at radius 1 is 1.19 bits per heavy atom. The van der Waals surface area contributed by atoms with Gasteiger partial charge in [0.2, 0.25) is 0 Å². The standard InChI is InChI=1S/C16H24N4O/c1-12-17-14(13-6-5-7-19(2)11-13)10-15(18-12)16(21)20-8-3-4-9-20/h10,13H,3-9,11H2,1-2H3/t13-/m1/s1. The first kappa shape index (κ1) is 14.4. The minimum Gasteiger partial charge on any atom is -0.337 e. The highest BCUT2D eigenvalue weighted by Crippen LogP contribution is 2.25. The second-order valence-corrected chi connectivity index (χ2v) is 6.33. The molecular formula is C16H24N4O. The zero-order valence-corrected chi connectivity index (χ0v) is 13.0. The molecule has 1 aromatic rings. The summed E-state index contributed by atoms with van der Waals surface area (Å²) >= 11 is 0. The van der Waals surface area contributed by atoms with Crippen molar-refractivity contribution >= 4 is 5.91 Å². The summed E-state index contributed by atoms with van der Waals surface area (Å²) in [6.07, 6.45) is 4.56. The van der Waals surface area contributed by atoms with Crippen LogP contribution in [0.4, 0.5) is 0 Å². The number of likely N-dealkylation sites (tertiary alicyclic amines) is 2. The van der Waals surface area contributed by atoms with Crippen LogP contribution in [0.1, 0.15) is 53.6 Å². The van der Waals surface area contributed by atoms with Gasteiger partial charge in [0, 0.05) is 31.2 Å². The van der Waals surface area contributed by atoms with Crippen LogP contribution in [0.3, 0.4) is 0 Å². The van der Waals surface area contributed by atoms with Crippen LogP contribution in [0.25, 0.3) is 0 Å². The van der Waals surface area contributed by atoms with Gasteiger partial charge >= 0.3 is 0 Å². The van der Waals surface area contributed by atoms with E-state index < -0.39 is 0 Å². The maximum Gasteiger partial charge on any atom is 0.272 e. The van der Waals surface area contributed by atoms with Crippen molar-refractivity contribution in [3.63, 3.8) is 0 Å². The summed E-state index contributed by atoms with van der Waals surface area (Å²) in [5.41, 5.74) is 1.62. The minimum atomic E-state index is 0.0726. The van der Waals surface area contributed by atoms with Crippen LogP contribution in [0, 0.1) is 6.92 Å². The van der Waals surface area contributed by atoms with Gasteiger partial charge in [0.1, 0.15) is 11.5 Å². The zero-order valence-electron chi connectivity index (χ0n) is 13.0. The van der Waals surface area contributed by atoms with Crippen molar-refractivity contribution < 1.29 is 4.79 Å². The average molecular weight is 288 g/mol. The summed E-state index contributed by atoms with van der Waals surface area (Å²) in [4.78, 5) is 25.7. The molecule has 0 aliphatic carbocycles. The van der Waals surface area contributed by atoms with Gasteiger partial charge in [-0.25, -0.2) is 9.97 Å². The van der Waals surface area contributed by atoms with Crippen molar-refractivity contribution in [3.05, 3.63) is 23.3 Å². The van der Waals surface area contributed by atoms with E-state index in [1.54, 1.807) is 0 Å². The summed E-state index contributed by atoms with van der Waals surface area (Å²) in [5.74, 6) is 1.21. The molecule has 5 nitrogen and oxygen atoms in total. The van der Waals surface area contributed by atoms with E-state index in [-0.39, 0.29) is 5.91 Å². The predicted molar refractivity (Wildman–Crippen MR) is 81.4 cm³/mol. The van der Waals surface area contributed by atoms with E-state index in [0.717, 1.165) is 51.1 Å². The van der Waals surface area contributed by atoms with Crippen LogP contribution >= 0.6 is 0 Å². The summed E-state index contributed by atoms with van der Waals surface area (Å²) in [7, 11) is 2.15. The van der Waals surface area contributed by atoms with Gasteiger partial charge in [-0.2, -0.15) is 0 Å². The number of hydrogen-bond acceptors (Lipinski definition) is 4. The van der Waals surface area contributed by atoms with Crippen LogP contribution < -0.4 is 0 Å². The molecule has 0 N–H and O–H groups in total. The molecule has 0 spiro atoms. The van der Waals surface area contributed by atoms with Gasteiger partial charge < -0.3 is 9.80 Å². The van der Waals surface area contributed by atoms with Gasteiger partial charge in [0.05, 0.1) is 0 Å². The van der Waals surface area contributed by atoms with Gasteiger partial charge in [-0.05, 0) is 52.3 Å². The van der Waals surface area contributed by atoms with Crippen LogP contribution in [0.2, 0.25) is 0 Å². The third-order valence-corrected chi connectivity index (χ3v) is 4.51. The number of aryl methyl sites for hydroxylation is 1. The number of hydrogen-bond donors (Lipinski definition) is 0. The lowest BCUT2D eigenvalue weighted by atomic mass is 9.94. The summed E-state index contributed by atoms with van der Waals surface area (Å²) < 4.78 is 0. The van der Waals surface area contributed by atoms with E-state index in [0.29, 0.717) is 17.4 Å². The number of carbonyl (C=O) groups is 1. The number of likely N-dealkylation sites (N-methyl/N-ethyl adjacent to an activating group) is 1. The Balaban J connectivity index is 1.83. The van der Waals surface area contributed by atoms with Crippen LogP contribution in [0.15, 0.2) is 6.07 Å². The molecule has 1 atom stereocenters. The fourth-order valence-electron chi connectivity index (χ4n) is 3.40. The second kappa shape index (κ2) is 6.10. The van der Waals surface area contributed by atoms with Crippen molar-refractivity contribution in [1.82, 2.24) is 19.8 Å². The fourth-order valence-corrected chi connectivity index (χ4v) is 3.40.